The topological polar surface area (TPSA) is 69.2 Å². The Morgan fingerprint density at radius 2 is 1.42 bits per heavy atom. The molecule has 0 aromatic heterocycles. The van der Waals surface area contributed by atoms with Gasteiger partial charge in [0, 0.05) is 19.4 Å². The van der Waals surface area contributed by atoms with Crippen LogP contribution in [-0.4, -0.2) is 50.1 Å². The predicted octanol–water partition coefficient (Wildman–Crippen LogP) is 2.24. The molecule has 24 heavy (non-hydrogen) atoms. The summed E-state index contributed by atoms with van der Waals surface area (Å²) in [6.45, 7) is 3.57. The summed E-state index contributed by atoms with van der Waals surface area (Å²) >= 11 is 0. The molecule has 0 fully saturated rings. The Balaban J connectivity index is 3.43. The molecule has 0 heterocycles. The number of aliphatic carboxylic acids is 1. The molecule has 0 aliphatic carbocycles. The van der Waals surface area contributed by atoms with Crippen LogP contribution in [0, 0.1) is 0 Å². The molecule has 0 saturated carbocycles. The van der Waals surface area contributed by atoms with Gasteiger partial charge < -0.3 is 19.7 Å². The Morgan fingerprint density at radius 3 is 1.96 bits per heavy atom. The maximum absolute atomic E-state index is 11.7. The fourth-order valence-electron chi connectivity index (χ4n) is 2.85. The van der Waals surface area contributed by atoms with Crippen molar-refractivity contribution in [3.63, 3.8) is 0 Å². The number of unbranched alkanes of at least 4 members (excludes halogenated alkanes) is 8. The van der Waals surface area contributed by atoms with Crippen molar-refractivity contribution in [2.45, 2.75) is 77.6 Å². The van der Waals surface area contributed by atoms with E-state index < -0.39 is 5.97 Å². The standard InChI is InChI=1S/C19H38N2O3/c1-4-5-6-7-8-9-10-11-12-14-18(22)20-15-13-16-21(2,3)17-19(23)24/h4-17H2,1-3H3,(H-,20,22,23,24). The van der Waals surface area contributed by atoms with Gasteiger partial charge in [-0.1, -0.05) is 58.3 Å². The summed E-state index contributed by atoms with van der Waals surface area (Å²) in [4.78, 5) is 22.4. The van der Waals surface area contributed by atoms with Crippen LogP contribution in [0.4, 0.5) is 0 Å². The zero-order valence-corrected chi connectivity index (χ0v) is 16.1. The molecule has 0 aromatic carbocycles. The third-order valence-electron chi connectivity index (χ3n) is 4.33. The monoisotopic (exact) mass is 342 g/mol. The van der Waals surface area contributed by atoms with Crippen molar-refractivity contribution >= 4 is 11.9 Å². The summed E-state index contributed by atoms with van der Waals surface area (Å²) in [5, 5.41) is 13.5. The Bertz CT molecular complexity index is 344. The lowest BCUT2D eigenvalue weighted by molar-refractivity contribution is -0.884. The fraction of sp³-hybridized carbons (Fsp3) is 0.895. The van der Waals surface area contributed by atoms with E-state index in [9.17, 15) is 14.7 Å². The Hall–Kier alpha value is -1.10. The lowest BCUT2D eigenvalue weighted by Crippen LogP contribution is -2.49. The predicted molar refractivity (Wildman–Crippen MR) is 96.3 cm³/mol. The molecular weight excluding hydrogens is 304 g/mol. The lowest BCUT2D eigenvalue weighted by atomic mass is 10.1. The molecule has 5 nitrogen and oxygen atoms in total. The highest BCUT2D eigenvalue weighted by molar-refractivity contribution is 5.75. The van der Waals surface area contributed by atoms with Gasteiger partial charge in [0.05, 0.1) is 26.6 Å². The molecule has 0 aliphatic rings. The van der Waals surface area contributed by atoms with Crippen LogP contribution in [0.3, 0.4) is 0 Å². The van der Waals surface area contributed by atoms with Gasteiger partial charge in [0.25, 0.3) is 0 Å². The molecule has 1 N–H and O–H groups in total. The average molecular weight is 343 g/mol. The number of carbonyl (C=O) groups is 2. The highest BCUT2D eigenvalue weighted by atomic mass is 16.4. The second kappa shape index (κ2) is 14.3. The second-order valence-corrected chi connectivity index (χ2v) is 7.47. The third kappa shape index (κ3) is 15.8. The number of nitrogens with zero attached hydrogens (tertiary/aromatic N) is 1. The number of hydrogen-bond donors (Lipinski definition) is 1. The van der Waals surface area contributed by atoms with Gasteiger partial charge in [0.2, 0.25) is 5.91 Å². The van der Waals surface area contributed by atoms with Crippen molar-refractivity contribution in [1.29, 1.82) is 0 Å². The number of carboxylic acid groups (broad SMARTS) is 1. The first-order valence-electron chi connectivity index (χ1n) is 9.66. The van der Waals surface area contributed by atoms with E-state index in [0.717, 1.165) is 19.3 Å². The van der Waals surface area contributed by atoms with E-state index in [0.29, 0.717) is 24.0 Å². The minimum absolute atomic E-state index is 0.00634. The van der Waals surface area contributed by atoms with Crippen molar-refractivity contribution in [3.05, 3.63) is 0 Å². The molecule has 5 heteroatoms. The lowest BCUT2D eigenvalue weighted by Gasteiger charge is -2.30. The maximum Gasteiger partial charge on any atom is 0.219 e. The summed E-state index contributed by atoms with van der Waals surface area (Å²) in [7, 11) is 3.72. The van der Waals surface area contributed by atoms with Crippen LogP contribution in [0.15, 0.2) is 0 Å². The first kappa shape index (κ1) is 22.9. The molecule has 0 aliphatic heterocycles. The SMILES string of the molecule is CCCCCCCCCCCC(=O)NCCC[N+](C)(C)CC(=O)[O-]. The van der Waals surface area contributed by atoms with Crippen LogP contribution in [0.1, 0.15) is 77.6 Å². The molecule has 0 atom stereocenters. The van der Waals surface area contributed by atoms with Gasteiger partial charge in [-0.25, -0.2) is 0 Å². The molecule has 0 radical (unpaired) electrons. The summed E-state index contributed by atoms with van der Waals surface area (Å²) in [5.74, 6) is -0.919. The first-order chi connectivity index (χ1) is 11.4. The van der Waals surface area contributed by atoms with E-state index in [2.05, 4.69) is 12.2 Å². The molecule has 0 rings (SSSR count). The quantitative estimate of drug-likeness (QED) is 0.345. The largest absolute Gasteiger partial charge is 0.544 e. The van der Waals surface area contributed by atoms with Crippen molar-refractivity contribution in [2.75, 3.05) is 33.7 Å². The summed E-state index contributed by atoms with van der Waals surface area (Å²) in [6.07, 6.45) is 12.7. The highest BCUT2D eigenvalue weighted by Gasteiger charge is 2.14. The van der Waals surface area contributed by atoms with Crippen LogP contribution < -0.4 is 10.4 Å². The van der Waals surface area contributed by atoms with Crippen LogP contribution in [0.25, 0.3) is 0 Å². The van der Waals surface area contributed by atoms with E-state index in [1.165, 1.54) is 44.9 Å². The molecular formula is C19H38N2O3. The highest BCUT2D eigenvalue weighted by Crippen LogP contribution is 2.10. The number of likely N-dealkylation sites (N-methyl/N-ethyl adjacent to an activating group) is 1. The Labute approximate surface area is 148 Å². The van der Waals surface area contributed by atoms with Crippen molar-refractivity contribution in [1.82, 2.24) is 5.32 Å². The number of amides is 1. The number of carbonyl (C=O) groups excluding carboxylic acids is 2. The zero-order chi connectivity index (χ0) is 18.3. The van der Waals surface area contributed by atoms with Crippen molar-refractivity contribution in [2.24, 2.45) is 0 Å². The van der Waals surface area contributed by atoms with E-state index in [4.69, 9.17) is 0 Å². The van der Waals surface area contributed by atoms with Crippen LogP contribution in [0.2, 0.25) is 0 Å². The summed E-state index contributed by atoms with van der Waals surface area (Å²) < 4.78 is 0.385. The number of hydrogen-bond acceptors (Lipinski definition) is 3. The number of rotatable bonds is 16. The van der Waals surface area contributed by atoms with Gasteiger partial charge in [-0.15, -0.1) is 0 Å². The Kier molecular flexibility index (Phi) is 13.6. The number of carboxylic acids is 1. The molecule has 0 saturated heterocycles. The Morgan fingerprint density at radius 1 is 0.875 bits per heavy atom. The molecule has 142 valence electrons. The van der Waals surface area contributed by atoms with Gasteiger partial charge in [-0.2, -0.15) is 0 Å². The van der Waals surface area contributed by atoms with E-state index in [-0.39, 0.29) is 12.5 Å². The van der Waals surface area contributed by atoms with Gasteiger partial charge in [-0.3, -0.25) is 4.79 Å². The van der Waals surface area contributed by atoms with Crippen LogP contribution in [0.5, 0.6) is 0 Å². The molecule has 0 aromatic rings. The minimum atomic E-state index is -1.03. The number of quaternary nitrogens is 1. The first-order valence-corrected chi connectivity index (χ1v) is 9.66. The van der Waals surface area contributed by atoms with E-state index >= 15 is 0 Å². The minimum Gasteiger partial charge on any atom is -0.544 e. The van der Waals surface area contributed by atoms with Crippen LogP contribution in [-0.2, 0) is 9.59 Å². The second-order valence-electron chi connectivity index (χ2n) is 7.47. The summed E-state index contributed by atoms with van der Waals surface area (Å²) in [6, 6.07) is 0. The van der Waals surface area contributed by atoms with Crippen molar-refractivity contribution in [3.8, 4) is 0 Å². The van der Waals surface area contributed by atoms with E-state index in [1.807, 2.05) is 14.1 Å². The van der Waals surface area contributed by atoms with E-state index in [1.54, 1.807) is 0 Å². The average Bonchev–Trinajstić information content (AvgIpc) is 2.48. The normalized spacial score (nSPS) is 11.5. The zero-order valence-electron chi connectivity index (χ0n) is 16.1. The van der Waals surface area contributed by atoms with Gasteiger partial charge >= 0.3 is 0 Å². The molecule has 0 spiro atoms. The molecule has 1 amide bonds. The summed E-state index contributed by atoms with van der Waals surface area (Å²) in [5.41, 5.74) is 0. The fourth-order valence-corrected chi connectivity index (χ4v) is 2.85. The number of nitrogens with one attached hydrogen (secondary N) is 1. The smallest absolute Gasteiger partial charge is 0.219 e. The molecule has 0 unspecified atom stereocenters. The van der Waals surface area contributed by atoms with Gasteiger partial charge in [-0.05, 0) is 6.42 Å². The van der Waals surface area contributed by atoms with Crippen LogP contribution >= 0.6 is 0 Å². The van der Waals surface area contributed by atoms with Crippen molar-refractivity contribution < 1.29 is 19.2 Å². The van der Waals surface area contributed by atoms with Gasteiger partial charge in [0.15, 0.2) is 0 Å². The maximum atomic E-state index is 11.7. The van der Waals surface area contributed by atoms with Gasteiger partial charge in [0.1, 0.15) is 6.54 Å². The third-order valence-corrected chi connectivity index (χ3v) is 4.33. The molecule has 0 bridgehead atoms.